The van der Waals surface area contributed by atoms with Gasteiger partial charge in [0.2, 0.25) is 0 Å². The average Bonchev–Trinajstić information content (AvgIpc) is 3.65. The number of aromatic nitrogens is 3. The summed E-state index contributed by atoms with van der Waals surface area (Å²) in [4.78, 5) is 15.6. The highest BCUT2D eigenvalue weighted by atomic mass is 16.3. The number of hydrogen-bond donors (Lipinski definition) is 0. The first-order valence-electron chi connectivity index (χ1n) is 18.5. The second-order valence-corrected chi connectivity index (χ2v) is 14.0. The van der Waals surface area contributed by atoms with Gasteiger partial charge < -0.3 is 4.42 Å². The monoisotopic (exact) mass is 701 g/mol. The van der Waals surface area contributed by atoms with Crippen molar-refractivity contribution in [3.8, 4) is 56.4 Å². The van der Waals surface area contributed by atoms with Crippen molar-refractivity contribution in [1.29, 1.82) is 0 Å². The first-order chi connectivity index (χ1) is 27.2. The molecular weight excluding hydrogens is 671 g/mol. The Morgan fingerprint density at radius 1 is 0.309 bits per heavy atom. The Labute approximate surface area is 317 Å². The van der Waals surface area contributed by atoms with Crippen LogP contribution in [0.2, 0.25) is 0 Å². The molecular formula is C51H31N3O. The first-order valence-corrected chi connectivity index (χ1v) is 18.5. The Kier molecular flexibility index (Phi) is 7.14. The molecule has 0 aliphatic heterocycles. The zero-order valence-corrected chi connectivity index (χ0v) is 29.6. The Bertz CT molecular complexity index is 3270. The zero-order chi connectivity index (χ0) is 36.3. The summed E-state index contributed by atoms with van der Waals surface area (Å²) in [5, 5.41) is 9.13. The van der Waals surface area contributed by atoms with Crippen LogP contribution in [0.1, 0.15) is 0 Å². The summed E-state index contributed by atoms with van der Waals surface area (Å²) in [7, 11) is 0. The first kappa shape index (κ1) is 31.1. The van der Waals surface area contributed by atoms with E-state index in [1.165, 1.54) is 32.5 Å². The van der Waals surface area contributed by atoms with Crippen LogP contribution in [0.15, 0.2) is 192 Å². The van der Waals surface area contributed by atoms with Gasteiger partial charge in [0.25, 0.3) is 0 Å². The third kappa shape index (κ3) is 5.43. The molecule has 0 radical (unpaired) electrons. The van der Waals surface area contributed by atoms with Gasteiger partial charge in [-0.1, -0.05) is 152 Å². The van der Waals surface area contributed by atoms with Gasteiger partial charge in [-0.15, -0.1) is 0 Å². The summed E-state index contributed by atoms with van der Waals surface area (Å²) < 4.78 is 6.70. The lowest BCUT2D eigenvalue weighted by molar-refractivity contribution is 0.670. The molecule has 256 valence electrons. The maximum atomic E-state index is 6.70. The Morgan fingerprint density at radius 3 is 1.44 bits per heavy atom. The van der Waals surface area contributed by atoms with E-state index in [-0.39, 0.29) is 0 Å². The van der Waals surface area contributed by atoms with Crippen molar-refractivity contribution in [2.45, 2.75) is 0 Å². The third-order valence-corrected chi connectivity index (χ3v) is 10.7. The molecule has 4 heteroatoms. The molecule has 0 bridgehead atoms. The predicted molar refractivity (Wildman–Crippen MR) is 227 cm³/mol. The van der Waals surface area contributed by atoms with Crippen molar-refractivity contribution in [1.82, 2.24) is 15.0 Å². The molecule has 0 fully saturated rings. The number of hydrogen-bond acceptors (Lipinski definition) is 4. The van der Waals surface area contributed by atoms with Gasteiger partial charge in [-0.2, -0.15) is 0 Å². The maximum Gasteiger partial charge on any atom is 0.164 e. The lowest BCUT2D eigenvalue weighted by Gasteiger charge is -2.12. The molecule has 0 saturated heterocycles. The Morgan fingerprint density at radius 2 is 0.764 bits per heavy atom. The van der Waals surface area contributed by atoms with Crippen LogP contribution in [0.4, 0.5) is 0 Å². The number of fused-ring (bicyclic) bond motifs is 6. The molecule has 55 heavy (non-hydrogen) atoms. The summed E-state index contributed by atoms with van der Waals surface area (Å²) in [5.74, 6) is 1.81. The lowest BCUT2D eigenvalue weighted by Crippen LogP contribution is -2.00. The van der Waals surface area contributed by atoms with E-state index in [2.05, 4.69) is 176 Å². The molecule has 0 aliphatic carbocycles. The molecule has 9 aromatic carbocycles. The zero-order valence-electron chi connectivity index (χ0n) is 29.6. The van der Waals surface area contributed by atoms with Gasteiger partial charge in [0.05, 0.1) is 0 Å². The van der Waals surface area contributed by atoms with Gasteiger partial charge >= 0.3 is 0 Å². The van der Waals surface area contributed by atoms with Crippen LogP contribution in [-0.4, -0.2) is 15.0 Å². The fourth-order valence-electron chi connectivity index (χ4n) is 7.86. The highest BCUT2D eigenvalue weighted by molar-refractivity contribution is 6.16. The van der Waals surface area contributed by atoms with Crippen molar-refractivity contribution in [3.05, 3.63) is 188 Å². The lowest BCUT2D eigenvalue weighted by atomic mass is 9.96. The molecule has 4 nitrogen and oxygen atoms in total. The van der Waals surface area contributed by atoms with Crippen LogP contribution in [-0.2, 0) is 0 Å². The minimum atomic E-state index is 0.591. The van der Waals surface area contributed by atoms with Crippen LogP contribution < -0.4 is 0 Å². The van der Waals surface area contributed by atoms with E-state index in [0.717, 1.165) is 60.7 Å². The van der Waals surface area contributed by atoms with Crippen LogP contribution >= 0.6 is 0 Å². The summed E-state index contributed by atoms with van der Waals surface area (Å²) in [6.07, 6.45) is 0. The third-order valence-electron chi connectivity index (χ3n) is 10.7. The topological polar surface area (TPSA) is 51.8 Å². The van der Waals surface area contributed by atoms with Gasteiger partial charge in [0.1, 0.15) is 11.2 Å². The summed E-state index contributed by atoms with van der Waals surface area (Å²) in [5.41, 5.74) is 8.77. The molecule has 0 unspecified atom stereocenters. The largest absolute Gasteiger partial charge is 0.455 e. The van der Waals surface area contributed by atoms with E-state index in [0.29, 0.717) is 17.5 Å². The fourth-order valence-corrected chi connectivity index (χ4v) is 7.86. The maximum absolute atomic E-state index is 6.70. The average molecular weight is 702 g/mol. The van der Waals surface area contributed by atoms with Crippen molar-refractivity contribution in [3.63, 3.8) is 0 Å². The molecule has 0 N–H and O–H groups in total. The number of benzene rings is 9. The van der Waals surface area contributed by atoms with Crippen LogP contribution in [0, 0.1) is 0 Å². The molecule has 2 aromatic heterocycles. The van der Waals surface area contributed by atoms with Crippen molar-refractivity contribution in [2.24, 2.45) is 0 Å². The van der Waals surface area contributed by atoms with Gasteiger partial charge in [0.15, 0.2) is 17.5 Å². The van der Waals surface area contributed by atoms with E-state index in [1.807, 2.05) is 12.1 Å². The van der Waals surface area contributed by atoms with Gasteiger partial charge in [-0.25, -0.2) is 15.0 Å². The summed E-state index contributed by atoms with van der Waals surface area (Å²) >= 11 is 0. The Balaban J connectivity index is 1.10. The van der Waals surface area contributed by atoms with E-state index in [1.54, 1.807) is 0 Å². The number of furan rings is 1. The summed E-state index contributed by atoms with van der Waals surface area (Å²) in [6, 6.07) is 65.8. The van der Waals surface area contributed by atoms with Crippen LogP contribution in [0.25, 0.3) is 111 Å². The number of para-hydroxylation sites is 1. The minimum Gasteiger partial charge on any atom is -0.455 e. The fraction of sp³-hybridized carbons (Fsp3) is 0. The van der Waals surface area contributed by atoms with Crippen LogP contribution in [0.3, 0.4) is 0 Å². The van der Waals surface area contributed by atoms with Crippen molar-refractivity contribution in [2.75, 3.05) is 0 Å². The quantitative estimate of drug-likeness (QED) is 0.179. The minimum absolute atomic E-state index is 0.591. The highest BCUT2D eigenvalue weighted by Crippen LogP contribution is 2.42. The predicted octanol–water partition coefficient (Wildman–Crippen LogP) is 13.6. The van der Waals surface area contributed by atoms with Crippen molar-refractivity contribution >= 4 is 54.3 Å². The van der Waals surface area contributed by atoms with E-state index in [4.69, 9.17) is 19.4 Å². The van der Waals surface area contributed by atoms with Gasteiger partial charge in [-0.05, 0) is 85.4 Å². The molecule has 0 aliphatic rings. The molecule has 11 rings (SSSR count). The molecule has 11 aromatic rings. The summed E-state index contributed by atoms with van der Waals surface area (Å²) in [6.45, 7) is 0. The Hall–Kier alpha value is -7.43. The van der Waals surface area contributed by atoms with Gasteiger partial charge in [-0.3, -0.25) is 0 Å². The second kappa shape index (κ2) is 12.6. The number of nitrogens with zero attached hydrogens (tertiary/aromatic N) is 3. The van der Waals surface area contributed by atoms with E-state index >= 15 is 0 Å². The second-order valence-electron chi connectivity index (χ2n) is 14.0. The standard InChI is InChI=1S/C51H31N3O/c1-4-12-37-29-40(24-19-32(37)9-1)35-17-22-36(23-18-35)49-52-50(42-26-21-34-11-3-6-14-39(34)31-42)54-51(53-49)45-28-27-43(41-25-20-33-10-2-5-13-38(33)30-41)48-47(45)44-15-7-8-16-46(44)55-48/h1-31H. The molecule has 0 atom stereocenters. The smallest absolute Gasteiger partial charge is 0.164 e. The van der Waals surface area contributed by atoms with Crippen LogP contribution in [0.5, 0.6) is 0 Å². The van der Waals surface area contributed by atoms with E-state index < -0.39 is 0 Å². The van der Waals surface area contributed by atoms with Gasteiger partial charge in [0, 0.05) is 33.0 Å². The molecule has 0 amide bonds. The molecule has 0 spiro atoms. The van der Waals surface area contributed by atoms with Crippen molar-refractivity contribution < 1.29 is 4.42 Å². The molecule has 2 heterocycles. The van der Waals surface area contributed by atoms with E-state index in [9.17, 15) is 0 Å². The SMILES string of the molecule is c1ccc2cc(-c3ccc(-c4nc(-c5ccc6ccccc6c5)nc(-c5ccc(-c6ccc7ccccc7c6)c6oc7ccccc7c56)n4)cc3)ccc2c1. The normalized spacial score (nSPS) is 11.6. The molecule has 0 saturated carbocycles. The number of rotatable bonds is 5. The highest BCUT2D eigenvalue weighted by Gasteiger charge is 2.21.